The lowest BCUT2D eigenvalue weighted by Crippen LogP contribution is -2.18. The molecule has 17 rings (SSSR count). The molecular weight excluding hydrogens is 997 g/mol. The first-order valence-electron chi connectivity index (χ1n) is 29.1. The number of nitrogens with zero attached hydrogens (tertiary/aromatic N) is 2. The number of benzene rings is 11. The maximum absolute atomic E-state index is 7.02. The van der Waals surface area contributed by atoms with Gasteiger partial charge in [-0.15, -0.1) is 0 Å². The minimum Gasteiger partial charge on any atom is -0.456 e. The molecule has 3 aliphatic rings. The number of furan rings is 2. The van der Waals surface area contributed by atoms with Gasteiger partial charge in [0.15, 0.2) is 0 Å². The third-order valence-electron chi connectivity index (χ3n) is 19.6. The molecule has 0 fully saturated rings. The first-order valence-corrected chi connectivity index (χ1v) is 29.1. The van der Waals surface area contributed by atoms with E-state index in [2.05, 4.69) is 272 Å². The largest absolute Gasteiger partial charge is 0.456 e. The molecule has 0 aliphatic heterocycles. The summed E-state index contributed by atoms with van der Waals surface area (Å²) >= 11 is 0. The monoisotopic (exact) mass is 1060 g/mol. The third kappa shape index (κ3) is 6.11. The Morgan fingerprint density at radius 3 is 1.66 bits per heavy atom. The van der Waals surface area contributed by atoms with E-state index in [4.69, 9.17) is 8.83 Å². The number of fused-ring (bicyclic) bond motifs is 20. The topological polar surface area (TPSA) is 34.5 Å². The fourth-order valence-corrected chi connectivity index (χ4v) is 15.9. The standard InChI is InChI=1S/C78H60N2O2/c1-43-36-44(2)69(45(3)37-43)57-42-63-70(73-54-24-15-18-29-67(54)82-75(57)73)52-33-31-48(39-60(52)78(63,8)9)79(65-27-19-25-51-50-22-13-16-26-64(50)80(74(51)65)46-20-11-10-12-21-46)47-30-32-49-55-40-62-56(41-61(55)77(6,7)59(49)38-47)71-58(76(62,4)5)34-35-68-72(71)53-23-14-17-28-66(53)81-68/h10-42H,1-9H3. The van der Waals surface area contributed by atoms with Crippen LogP contribution in [0, 0.1) is 20.8 Å². The lowest BCUT2D eigenvalue weighted by molar-refractivity contribution is 0.651. The van der Waals surface area contributed by atoms with Crippen molar-refractivity contribution in [2.75, 3.05) is 4.90 Å². The van der Waals surface area contributed by atoms with Gasteiger partial charge >= 0.3 is 0 Å². The number of aryl methyl sites for hydroxylation is 3. The highest BCUT2D eigenvalue weighted by atomic mass is 16.3. The van der Waals surface area contributed by atoms with E-state index in [0.29, 0.717) is 0 Å². The van der Waals surface area contributed by atoms with Gasteiger partial charge < -0.3 is 18.3 Å². The number of para-hydroxylation sites is 5. The molecule has 82 heavy (non-hydrogen) atoms. The average molecular weight is 1060 g/mol. The number of anilines is 3. The van der Waals surface area contributed by atoms with Gasteiger partial charge in [-0.05, 0) is 189 Å². The molecule has 0 N–H and O–H groups in total. The summed E-state index contributed by atoms with van der Waals surface area (Å²) in [6.45, 7) is 21.2. The van der Waals surface area contributed by atoms with Gasteiger partial charge in [0, 0.05) is 71.2 Å². The minimum atomic E-state index is -0.367. The SMILES string of the molecule is Cc1cc(C)c(-c2cc3c(c4c2oc2ccccc24)-c2ccc(N(c4ccc5c(c4)C(C)(C)c4cc6c(cc4-5)C(C)(C)c4ccc5oc7ccccc7c5c4-6)c4cccc5c6ccccc6n(-c6ccccc6)c45)cc2C3(C)C)c(C)c1. The summed E-state index contributed by atoms with van der Waals surface area (Å²) in [5, 5.41) is 7.17. The predicted octanol–water partition coefficient (Wildman–Crippen LogP) is 21.6. The zero-order chi connectivity index (χ0) is 55.5. The maximum Gasteiger partial charge on any atom is 0.143 e. The van der Waals surface area contributed by atoms with Crippen molar-refractivity contribution in [2.45, 2.75) is 78.6 Å². The molecule has 11 aromatic carbocycles. The summed E-state index contributed by atoms with van der Waals surface area (Å²) in [5.74, 6) is 0. The molecule has 394 valence electrons. The van der Waals surface area contributed by atoms with E-state index < -0.39 is 0 Å². The second-order valence-corrected chi connectivity index (χ2v) is 25.4. The van der Waals surface area contributed by atoms with Crippen LogP contribution >= 0.6 is 0 Å². The Balaban J connectivity index is 0.899. The molecule has 0 unspecified atom stereocenters. The predicted molar refractivity (Wildman–Crippen MR) is 342 cm³/mol. The first-order chi connectivity index (χ1) is 39.7. The van der Waals surface area contributed by atoms with E-state index in [1.807, 2.05) is 0 Å². The highest BCUT2D eigenvalue weighted by Gasteiger charge is 2.44. The van der Waals surface area contributed by atoms with Crippen molar-refractivity contribution >= 4 is 82.7 Å². The van der Waals surface area contributed by atoms with Crippen molar-refractivity contribution in [3.8, 4) is 50.2 Å². The van der Waals surface area contributed by atoms with Gasteiger partial charge in [0.1, 0.15) is 22.3 Å². The number of hydrogen-bond donors (Lipinski definition) is 0. The summed E-state index contributed by atoms with van der Waals surface area (Å²) in [5.41, 5.74) is 31.6. The molecule has 0 saturated heterocycles. The molecule has 3 aliphatic carbocycles. The smallest absolute Gasteiger partial charge is 0.143 e. The molecule has 4 heteroatoms. The first kappa shape index (κ1) is 47.4. The zero-order valence-electron chi connectivity index (χ0n) is 47.8. The van der Waals surface area contributed by atoms with Crippen LogP contribution in [0.2, 0.25) is 0 Å². The Morgan fingerprint density at radius 2 is 0.915 bits per heavy atom. The minimum absolute atomic E-state index is 0.205. The maximum atomic E-state index is 7.02. The fourth-order valence-electron chi connectivity index (χ4n) is 15.9. The van der Waals surface area contributed by atoms with Crippen LogP contribution in [0.5, 0.6) is 0 Å². The molecule has 0 radical (unpaired) electrons. The lowest BCUT2D eigenvalue weighted by atomic mass is 9.79. The van der Waals surface area contributed by atoms with E-state index in [9.17, 15) is 0 Å². The normalized spacial score (nSPS) is 14.9. The Bertz CT molecular complexity index is 5150. The van der Waals surface area contributed by atoms with Crippen molar-refractivity contribution in [2.24, 2.45) is 0 Å². The van der Waals surface area contributed by atoms with Crippen molar-refractivity contribution in [1.82, 2.24) is 4.57 Å². The zero-order valence-corrected chi connectivity index (χ0v) is 47.8. The van der Waals surface area contributed by atoms with Crippen LogP contribution in [0.25, 0.3) is 116 Å². The molecule has 0 bridgehead atoms. The fraction of sp³-hybridized carbons (Fsp3) is 0.154. The molecule has 3 aromatic heterocycles. The van der Waals surface area contributed by atoms with Gasteiger partial charge in [-0.3, -0.25) is 0 Å². The Labute approximate surface area is 477 Å². The number of aromatic nitrogens is 1. The summed E-state index contributed by atoms with van der Waals surface area (Å²) in [6.07, 6.45) is 0. The van der Waals surface area contributed by atoms with Crippen molar-refractivity contribution < 1.29 is 8.83 Å². The van der Waals surface area contributed by atoms with Crippen LogP contribution in [-0.4, -0.2) is 4.57 Å². The van der Waals surface area contributed by atoms with Crippen LogP contribution < -0.4 is 4.90 Å². The summed E-state index contributed by atoms with van der Waals surface area (Å²) in [6, 6.07) is 75.1. The second kappa shape index (κ2) is 16.2. The van der Waals surface area contributed by atoms with Crippen LogP contribution in [0.1, 0.15) is 91.6 Å². The van der Waals surface area contributed by atoms with E-state index in [0.717, 1.165) is 61.5 Å². The lowest BCUT2D eigenvalue weighted by Gasteiger charge is -2.30. The molecular formula is C78H60N2O2. The van der Waals surface area contributed by atoms with Crippen LogP contribution in [0.3, 0.4) is 0 Å². The molecule has 0 atom stereocenters. The average Bonchev–Trinajstić information content (AvgIpc) is 2.37. The van der Waals surface area contributed by atoms with E-state index in [1.165, 1.54) is 121 Å². The van der Waals surface area contributed by atoms with E-state index >= 15 is 0 Å². The summed E-state index contributed by atoms with van der Waals surface area (Å²) in [4.78, 5) is 2.56. The second-order valence-electron chi connectivity index (χ2n) is 25.4. The van der Waals surface area contributed by atoms with Gasteiger partial charge in [-0.1, -0.05) is 162 Å². The summed E-state index contributed by atoms with van der Waals surface area (Å²) in [7, 11) is 0. The van der Waals surface area contributed by atoms with Crippen molar-refractivity contribution in [3.05, 3.63) is 250 Å². The highest BCUT2D eigenvalue weighted by Crippen LogP contribution is 2.61. The Kier molecular flexibility index (Phi) is 9.35. The number of hydrogen-bond acceptors (Lipinski definition) is 3. The van der Waals surface area contributed by atoms with Gasteiger partial charge in [0.2, 0.25) is 0 Å². The van der Waals surface area contributed by atoms with Crippen LogP contribution in [0.4, 0.5) is 17.1 Å². The third-order valence-corrected chi connectivity index (χ3v) is 19.6. The molecule has 14 aromatic rings. The molecule has 0 spiro atoms. The van der Waals surface area contributed by atoms with Gasteiger partial charge in [0.05, 0.1) is 16.7 Å². The molecule has 0 amide bonds. The number of rotatable bonds is 5. The molecule has 0 saturated carbocycles. The van der Waals surface area contributed by atoms with E-state index in [-0.39, 0.29) is 16.2 Å². The van der Waals surface area contributed by atoms with Crippen molar-refractivity contribution in [1.29, 1.82) is 0 Å². The molecule has 3 heterocycles. The highest BCUT2D eigenvalue weighted by molar-refractivity contribution is 6.20. The quantitative estimate of drug-likeness (QED) is 0.172. The van der Waals surface area contributed by atoms with E-state index in [1.54, 1.807) is 0 Å². The Morgan fingerprint density at radius 1 is 0.366 bits per heavy atom. The van der Waals surface area contributed by atoms with Gasteiger partial charge in [-0.25, -0.2) is 0 Å². The van der Waals surface area contributed by atoms with Gasteiger partial charge in [-0.2, -0.15) is 0 Å². The Hall–Kier alpha value is -9.38. The van der Waals surface area contributed by atoms with Crippen LogP contribution in [-0.2, 0) is 16.2 Å². The van der Waals surface area contributed by atoms with Crippen LogP contribution in [0.15, 0.2) is 209 Å². The molecule has 4 nitrogen and oxygen atoms in total. The summed E-state index contributed by atoms with van der Waals surface area (Å²) < 4.78 is 16.0. The van der Waals surface area contributed by atoms with Gasteiger partial charge in [0.25, 0.3) is 0 Å². The van der Waals surface area contributed by atoms with Crippen molar-refractivity contribution in [3.63, 3.8) is 0 Å².